The summed E-state index contributed by atoms with van der Waals surface area (Å²) in [5.41, 5.74) is 0.972. The Labute approximate surface area is 147 Å². The predicted molar refractivity (Wildman–Crippen MR) is 91.1 cm³/mol. The number of hydrogen-bond donors (Lipinski definition) is 1. The first-order valence-electron chi connectivity index (χ1n) is 7.80. The maximum Gasteiger partial charge on any atom is 0.329 e. The molecule has 3 atom stereocenters. The van der Waals surface area contributed by atoms with Gasteiger partial charge in [0.1, 0.15) is 23.6 Å². The quantitative estimate of drug-likeness (QED) is 0.421. The zero-order chi connectivity index (χ0) is 18.4. The van der Waals surface area contributed by atoms with E-state index in [1.807, 2.05) is 17.0 Å². The number of benzene rings is 1. The monoisotopic (exact) mass is 346 g/mol. The van der Waals surface area contributed by atoms with E-state index in [4.69, 9.17) is 15.9 Å². The third-order valence-electron chi connectivity index (χ3n) is 3.94. The Morgan fingerprint density at radius 1 is 1.28 bits per heavy atom. The van der Waals surface area contributed by atoms with Crippen molar-refractivity contribution < 1.29 is 23.8 Å². The average Bonchev–Trinajstić information content (AvgIpc) is 3.39. The van der Waals surface area contributed by atoms with Gasteiger partial charge in [-0.3, -0.25) is 9.69 Å². The van der Waals surface area contributed by atoms with Crippen molar-refractivity contribution in [3.05, 3.63) is 23.8 Å². The fraction of sp³-hybridized carbons (Fsp3) is 0.444. The molecule has 1 aliphatic rings. The molecule has 1 N–H and O–H groups in total. The summed E-state index contributed by atoms with van der Waals surface area (Å²) in [5.74, 6) is 2.97. The number of ether oxygens (including phenoxy) is 3. The summed E-state index contributed by atoms with van der Waals surface area (Å²) in [4.78, 5) is 25.9. The first-order chi connectivity index (χ1) is 12.0. The fourth-order valence-corrected chi connectivity index (χ4v) is 2.51. The van der Waals surface area contributed by atoms with Gasteiger partial charge in [-0.05, 0) is 17.7 Å². The van der Waals surface area contributed by atoms with Crippen LogP contribution < -0.4 is 14.8 Å². The highest BCUT2D eigenvalue weighted by molar-refractivity contribution is 5.89. The maximum absolute atomic E-state index is 12.3. The van der Waals surface area contributed by atoms with E-state index in [-0.39, 0.29) is 18.4 Å². The van der Waals surface area contributed by atoms with Crippen molar-refractivity contribution in [3.8, 4) is 23.8 Å². The van der Waals surface area contributed by atoms with Crippen LogP contribution in [0.2, 0.25) is 0 Å². The summed E-state index contributed by atoms with van der Waals surface area (Å²) in [5, 5.41) is 2.64. The molecule has 1 saturated heterocycles. The van der Waals surface area contributed by atoms with Crippen molar-refractivity contribution in [2.75, 3.05) is 27.9 Å². The molecule has 1 amide bonds. The fourth-order valence-electron chi connectivity index (χ4n) is 2.51. The van der Waals surface area contributed by atoms with Crippen LogP contribution in [-0.4, -0.2) is 56.7 Å². The van der Waals surface area contributed by atoms with Crippen LogP contribution in [0.4, 0.5) is 0 Å². The molecule has 134 valence electrons. The first kappa shape index (κ1) is 18.6. The van der Waals surface area contributed by atoms with Gasteiger partial charge in [-0.2, -0.15) is 0 Å². The lowest BCUT2D eigenvalue weighted by Crippen LogP contribution is -2.43. The van der Waals surface area contributed by atoms with E-state index in [0.29, 0.717) is 24.6 Å². The van der Waals surface area contributed by atoms with E-state index < -0.39 is 12.0 Å². The van der Waals surface area contributed by atoms with E-state index in [0.717, 1.165) is 5.56 Å². The van der Waals surface area contributed by atoms with E-state index in [1.165, 1.54) is 7.11 Å². The Balaban J connectivity index is 1.95. The number of nitrogens with zero attached hydrogens (tertiary/aromatic N) is 1. The first-order valence-corrected chi connectivity index (χ1v) is 7.80. The molecule has 0 spiro atoms. The molecule has 0 aromatic heterocycles. The lowest BCUT2D eigenvalue weighted by molar-refractivity contribution is -0.144. The molecule has 1 aromatic rings. The molecule has 2 rings (SSSR count). The van der Waals surface area contributed by atoms with Crippen molar-refractivity contribution >= 4 is 11.9 Å². The number of rotatable bonds is 8. The minimum Gasteiger partial charge on any atom is -0.497 e. The van der Waals surface area contributed by atoms with Crippen LogP contribution >= 0.6 is 0 Å². The van der Waals surface area contributed by atoms with Gasteiger partial charge < -0.3 is 19.5 Å². The molecular formula is C18H22N2O5. The molecule has 25 heavy (non-hydrogen) atoms. The molecule has 0 saturated carbocycles. The van der Waals surface area contributed by atoms with Crippen LogP contribution in [-0.2, 0) is 20.9 Å². The van der Waals surface area contributed by atoms with Crippen molar-refractivity contribution in [1.29, 1.82) is 0 Å². The number of hydrogen-bond acceptors (Lipinski definition) is 6. The van der Waals surface area contributed by atoms with Gasteiger partial charge >= 0.3 is 5.97 Å². The molecule has 2 unspecified atom stereocenters. The van der Waals surface area contributed by atoms with Crippen LogP contribution in [0.1, 0.15) is 12.0 Å². The molecule has 0 aliphatic carbocycles. The summed E-state index contributed by atoms with van der Waals surface area (Å²) < 4.78 is 15.1. The summed E-state index contributed by atoms with van der Waals surface area (Å²) in [7, 11) is 4.44. The highest BCUT2D eigenvalue weighted by atomic mass is 16.5. The second-order valence-electron chi connectivity index (χ2n) is 5.66. The van der Waals surface area contributed by atoms with Crippen molar-refractivity contribution in [3.63, 3.8) is 0 Å². The lowest BCUT2D eigenvalue weighted by atomic mass is 10.2. The Morgan fingerprint density at radius 3 is 2.44 bits per heavy atom. The molecule has 1 fully saturated rings. The lowest BCUT2D eigenvalue weighted by Gasteiger charge is -2.14. The predicted octanol–water partition coefficient (Wildman–Crippen LogP) is 0.569. The maximum atomic E-state index is 12.3. The van der Waals surface area contributed by atoms with Gasteiger partial charge in [0.15, 0.2) is 0 Å². The second-order valence-corrected chi connectivity index (χ2v) is 5.66. The van der Waals surface area contributed by atoms with Gasteiger partial charge in [0.2, 0.25) is 5.91 Å². The molecule has 7 heteroatoms. The van der Waals surface area contributed by atoms with Crippen LogP contribution in [0, 0.1) is 12.3 Å². The van der Waals surface area contributed by atoms with Crippen molar-refractivity contribution in [1.82, 2.24) is 10.2 Å². The Hall–Kier alpha value is -2.72. The van der Waals surface area contributed by atoms with E-state index >= 15 is 0 Å². The van der Waals surface area contributed by atoms with Crippen LogP contribution in [0.3, 0.4) is 0 Å². The van der Waals surface area contributed by atoms with Crippen LogP contribution in [0.25, 0.3) is 0 Å². The topological polar surface area (TPSA) is 76.9 Å². The Morgan fingerprint density at radius 2 is 1.92 bits per heavy atom. The van der Waals surface area contributed by atoms with E-state index in [2.05, 4.69) is 16.0 Å². The molecule has 1 aromatic carbocycles. The Kier molecular flexibility index (Phi) is 6.25. The van der Waals surface area contributed by atoms with Crippen molar-refractivity contribution in [2.45, 2.75) is 25.0 Å². The largest absolute Gasteiger partial charge is 0.497 e. The minimum absolute atomic E-state index is 0.0955. The normalized spacial score (nSPS) is 19.3. The minimum atomic E-state index is -0.818. The van der Waals surface area contributed by atoms with Gasteiger partial charge in [0, 0.05) is 25.6 Å². The number of esters is 1. The molecule has 0 radical (unpaired) electrons. The van der Waals surface area contributed by atoms with E-state index in [9.17, 15) is 9.59 Å². The van der Waals surface area contributed by atoms with Crippen LogP contribution in [0.15, 0.2) is 18.2 Å². The zero-order valence-corrected chi connectivity index (χ0v) is 14.6. The van der Waals surface area contributed by atoms with Gasteiger partial charge in [-0.25, -0.2) is 4.79 Å². The van der Waals surface area contributed by atoms with E-state index in [1.54, 1.807) is 20.3 Å². The SMILES string of the molecule is C#CC[C@H](NC(=O)C1CN1Cc1cc(OC)cc(OC)c1)C(=O)OC. The summed E-state index contributed by atoms with van der Waals surface area (Å²) in [6, 6.07) is 4.47. The second kappa shape index (κ2) is 8.40. The Bertz CT molecular complexity index is 660. The number of amides is 1. The highest BCUT2D eigenvalue weighted by Gasteiger charge is 2.41. The van der Waals surface area contributed by atoms with Gasteiger partial charge in [0.25, 0.3) is 0 Å². The number of carbonyl (C=O) groups excluding carboxylic acids is 2. The average molecular weight is 346 g/mol. The summed E-state index contributed by atoms with van der Waals surface area (Å²) >= 11 is 0. The molecule has 7 nitrogen and oxygen atoms in total. The molecule has 0 bridgehead atoms. The van der Waals surface area contributed by atoms with Gasteiger partial charge in [0.05, 0.1) is 21.3 Å². The standard InChI is InChI=1S/C18H22N2O5/c1-5-6-15(18(22)25-4)19-17(21)16-11-20(16)10-12-7-13(23-2)9-14(8-12)24-3/h1,7-9,15-16H,6,10-11H2,2-4H3,(H,19,21)/t15-,16?,20?/m0/s1. The molecular weight excluding hydrogens is 324 g/mol. The summed E-state index contributed by atoms with van der Waals surface area (Å²) in [6.45, 7) is 1.18. The van der Waals surface area contributed by atoms with Crippen molar-refractivity contribution in [2.24, 2.45) is 0 Å². The van der Waals surface area contributed by atoms with Gasteiger partial charge in [-0.1, -0.05) is 0 Å². The third kappa shape index (κ3) is 4.88. The zero-order valence-electron chi connectivity index (χ0n) is 14.6. The number of carbonyl (C=O) groups is 2. The summed E-state index contributed by atoms with van der Waals surface area (Å²) in [6.07, 6.45) is 5.33. The smallest absolute Gasteiger partial charge is 0.329 e. The highest BCUT2D eigenvalue weighted by Crippen LogP contribution is 2.27. The van der Waals surface area contributed by atoms with Crippen LogP contribution in [0.5, 0.6) is 11.5 Å². The van der Waals surface area contributed by atoms with Gasteiger partial charge in [-0.15, -0.1) is 12.3 Å². The number of methoxy groups -OCH3 is 3. The number of nitrogens with one attached hydrogen (secondary N) is 1. The molecule has 1 heterocycles. The number of terminal acetylenes is 1. The molecule has 1 aliphatic heterocycles. The third-order valence-corrected chi connectivity index (χ3v) is 3.94.